The van der Waals surface area contributed by atoms with Gasteiger partial charge in [-0.3, -0.25) is 4.72 Å². The summed E-state index contributed by atoms with van der Waals surface area (Å²) in [4.78, 5) is 2.15. The summed E-state index contributed by atoms with van der Waals surface area (Å²) >= 11 is 0. The highest BCUT2D eigenvalue weighted by Crippen LogP contribution is 2.29. The first kappa shape index (κ1) is 20.9. The van der Waals surface area contributed by atoms with Crippen molar-refractivity contribution in [2.45, 2.75) is 11.3 Å². The van der Waals surface area contributed by atoms with Gasteiger partial charge in [-0.15, -0.1) is 0 Å². The SMILES string of the molecule is COc1ccc(OC)c(S(=O)(=O)Nc2ccc(NCCCN(C)C)cc2)c1. The van der Waals surface area contributed by atoms with E-state index < -0.39 is 10.0 Å². The fraction of sp³-hybridized carbons (Fsp3) is 0.368. The number of benzene rings is 2. The van der Waals surface area contributed by atoms with Crippen LogP contribution in [0.5, 0.6) is 11.5 Å². The van der Waals surface area contributed by atoms with Crippen LogP contribution >= 0.6 is 0 Å². The molecule has 0 heterocycles. The molecule has 0 unspecified atom stereocenters. The lowest BCUT2D eigenvalue weighted by molar-refractivity contribution is 0.392. The number of rotatable bonds is 10. The highest BCUT2D eigenvalue weighted by Gasteiger charge is 2.20. The molecule has 0 atom stereocenters. The van der Waals surface area contributed by atoms with E-state index in [1.54, 1.807) is 24.3 Å². The Morgan fingerprint density at radius 2 is 1.63 bits per heavy atom. The van der Waals surface area contributed by atoms with Crippen LogP contribution in [0.4, 0.5) is 11.4 Å². The third kappa shape index (κ3) is 6.04. The second kappa shape index (κ2) is 9.48. The monoisotopic (exact) mass is 393 g/mol. The van der Waals surface area contributed by atoms with Gasteiger partial charge in [-0.2, -0.15) is 0 Å². The van der Waals surface area contributed by atoms with Gasteiger partial charge in [0.2, 0.25) is 0 Å². The van der Waals surface area contributed by atoms with E-state index in [-0.39, 0.29) is 10.6 Å². The zero-order valence-corrected chi connectivity index (χ0v) is 17.0. The van der Waals surface area contributed by atoms with Gasteiger partial charge < -0.3 is 19.7 Å². The highest BCUT2D eigenvalue weighted by molar-refractivity contribution is 7.92. The quantitative estimate of drug-likeness (QED) is 0.604. The average molecular weight is 394 g/mol. The van der Waals surface area contributed by atoms with Crippen LogP contribution in [0.1, 0.15) is 6.42 Å². The van der Waals surface area contributed by atoms with Gasteiger partial charge in [0.1, 0.15) is 16.4 Å². The van der Waals surface area contributed by atoms with E-state index in [1.807, 2.05) is 26.2 Å². The molecule has 0 amide bonds. The average Bonchev–Trinajstić information content (AvgIpc) is 2.65. The van der Waals surface area contributed by atoms with Gasteiger partial charge in [-0.05, 0) is 63.5 Å². The first-order valence-electron chi connectivity index (χ1n) is 8.59. The van der Waals surface area contributed by atoms with Crippen molar-refractivity contribution in [3.8, 4) is 11.5 Å². The molecule has 0 saturated carbocycles. The molecule has 148 valence electrons. The van der Waals surface area contributed by atoms with Gasteiger partial charge in [0.05, 0.1) is 14.2 Å². The number of hydrogen-bond donors (Lipinski definition) is 2. The van der Waals surface area contributed by atoms with Gasteiger partial charge in [0, 0.05) is 24.0 Å². The molecule has 0 aliphatic carbocycles. The summed E-state index contributed by atoms with van der Waals surface area (Å²) in [6.45, 7) is 1.86. The molecule has 0 fully saturated rings. The molecule has 0 bridgehead atoms. The minimum atomic E-state index is -3.81. The predicted octanol–water partition coefficient (Wildman–Crippen LogP) is 2.87. The number of hydrogen-bond acceptors (Lipinski definition) is 6. The van der Waals surface area contributed by atoms with Crippen molar-refractivity contribution in [3.05, 3.63) is 42.5 Å². The van der Waals surface area contributed by atoms with E-state index in [0.29, 0.717) is 11.4 Å². The van der Waals surface area contributed by atoms with Gasteiger partial charge in [0.15, 0.2) is 0 Å². The predicted molar refractivity (Wildman–Crippen MR) is 108 cm³/mol. The summed E-state index contributed by atoms with van der Waals surface area (Å²) in [7, 11) is 3.18. The Kier molecular flexibility index (Phi) is 7.32. The largest absolute Gasteiger partial charge is 0.497 e. The lowest BCUT2D eigenvalue weighted by Gasteiger charge is -2.14. The molecular weight excluding hydrogens is 366 g/mol. The lowest BCUT2D eigenvalue weighted by atomic mass is 10.3. The summed E-state index contributed by atoms with van der Waals surface area (Å²) in [6, 6.07) is 11.8. The number of anilines is 2. The fourth-order valence-corrected chi connectivity index (χ4v) is 3.73. The van der Waals surface area contributed by atoms with Crippen molar-refractivity contribution in [1.29, 1.82) is 0 Å². The molecule has 0 aromatic heterocycles. The van der Waals surface area contributed by atoms with Crippen LogP contribution in [0.2, 0.25) is 0 Å². The Morgan fingerprint density at radius 1 is 0.963 bits per heavy atom. The van der Waals surface area contributed by atoms with Crippen molar-refractivity contribution < 1.29 is 17.9 Å². The molecular formula is C19H27N3O4S. The van der Waals surface area contributed by atoms with Crippen LogP contribution in [0.15, 0.2) is 47.4 Å². The summed E-state index contributed by atoms with van der Waals surface area (Å²) in [5.74, 6) is 0.691. The lowest BCUT2D eigenvalue weighted by Crippen LogP contribution is -2.16. The van der Waals surface area contributed by atoms with Crippen molar-refractivity contribution in [3.63, 3.8) is 0 Å². The summed E-state index contributed by atoms with van der Waals surface area (Å²) in [5, 5.41) is 3.31. The van der Waals surface area contributed by atoms with E-state index in [9.17, 15) is 8.42 Å². The van der Waals surface area contributed by atoms with Crippen LogP contribution in [0.3, 0.4) is 0 Å². The Morgan fingerprint density at radius 3 is 2.22 bits per heavy atom. The molecule has 8 heteroatoms. The molecule has 0 saturated heterocycles. The molecule has 2 aromatic rings. The number of sulfonamides is 1. The Bertz CT molecular complexity index is 837. The molecule has 0 spiro atoms. The van der Waals surface area contributed by atoms with Crippen molar-refractivity contribution >= 4 is 21.4 Å². The van der Waals surface area contributed by atoms with Crippen molar-refractivity contribution in [2.24, 2.45) is 0 Å². The zero-order chi connectivity index (χ0) is 19.9. The third-order valence-corrected chi connectivity index (χ3v) is 5.31. The van der Waals surface area contributed by atoms with E-state index in [1.165, 1.54) is 20.3 Å². The van der Waals surface area contributed by atoms with Gasteiger partial charge in [0.25, 0.3) is 10.0 Å². The van der Waals surface area contributed by atoms with E-state index in [0.717, 1.165) is 25.2 Å². The second-order valence-corrected chi connectivity index (χ2v) is 7.93. The topological polar surface area (TPSA) is 79.9 Å². The van der Waals surface area contributed by atoms with Gasteiger partial charge in [-0.25, -0.2) is 8.42 Å². The highest BCUT2D eigenvalue weighted by atomic mass is 32.2. The molecule has 0 aliphatic rings. The van der Waals surface area contributed by atoms with Crippen LogP contribution in [-0.2, 0) is 10.0 Å². The molecule has 0 aliphatic heterocycles. The number of nitrogens with one attached hydrogen (secondary N) is 2. The first-order chi connectivity index (χ1) is 12.9. The maximum atomic E-state index is 12.7. The van der Waals surface area contributed by atoms with Crippen LogP contribution in [-0.4, -0.2) is 54.7 Å². The normalized spacial score (nSPS) is 11.3. The minimum absolute atomic E-state index is 0.0234. The molecule has 2 rings (SSSR count). The fourth-order valence-electron chi connectivity index (χ4n) is 2.49. The summed E-state index contributed by atoms with van der Waals surface area (Å²) in [6.07, 6.45) is 1.02. The Labute approximate surface area is 161 Å². The first-order valence-corrected chi connectivity index (χ1v) is 10.1. The minimum Gasteiger partial charge on any atom is -0.497 e. The standard InChI is InChI=1S/C19H27N3O4S/c1-22(2)13-5-12-20-15-6-8-16(9-7-15)21-27(23,24)19-14-17(25-3)10-11-18(19)26-4/h6-11,14,20-21H,5,12-13H2,1-4H3. The maximum Gasteiger partial charge on any atom is 0.265 e. The molecule has 2 N–H and O–H groups in total. The van der Waals surface area contributed by atoms with Crippen molar-refractivity contribution in [2.75, 3.05) is 51.4 Å². The van der Waals surface area contributed by atoms with Gasteiger partial charge in [-0.1, -0.05) is 0 Å². The van der Waals surface area contributed by atoms with Gasteiger partial charge >= 0.3 is 0 Å². The van der Waals surface area contributed by atoms with E-state index >= 15 is 0 Å². The maximum absolute atomic E-state index is 12.7. The molecule has 0 radical (unpaired) electrons. The number of ether oxygens (including phenoxy) is 2. The smallest absolute Gasteiger partial charge is 0.265 e. The third-order valence-electron chi connectivity index (χ3n) is 3.91. The summed E-state index contributed by atoms with van der Waals surface area (Å²) in [5.41, 5.74) is 1.41. The summed E-state index contributed by atoms with van der Waals surface area (Å²) < 4.78 is 38.3. The molecule has 27 heavy (non-hydrogen) atoms. The van der Waals surface area contributed by atoms with E-state index in [2.05, 4.69) is 14.9 Å². The number of nitrogens with zero attached hydrogens (tertiary/aromatic N) is 1. The van der Waals surface area contributed by atoms with Crippen LogP contribution < -0.4 is 19.5 Å². The van der Waals surface area contributed by atoms with Crippen molar-refractivity contribution in [1.82, 2.24) is 4.90 Å². The molecule has 7 nitrogen and oxygen atoms in total. The van der Waals surface area contributed by atoms with E-state index in [4.69, 9.17) is 9.47 Å². The zero-order valence-electron chi connectivity index (χ0n) is 16.2. The van der Waals surface area contributed by atoms with Crippen LogP contribution in [0, 0.1) is 0 Å². The number of methoxy groups -OCH3 is 2. The van der Waals surface area contributed by atoms with Crippen LogP contribution in [0.25, 0.3) is 0 Å². The Hall–Kier alpha value is -2.45. The Balaban J connectivity index is 2.07. The molecule has 2 aromatic carbocycles. The second-order valence-electron chi connectivity index (χ2n) is 6.28.